The molecular formula is C30H43NO7. The topological polar surface area (TPSA) is 132 Å². The number of fused-ring (bicyclic) bond motifs is 5. The summed E-state index contributed by atoms with van der Waals surface area (Å²) in [5.74, 6) is 0.858. The Labute approximate surface area is 224 Å². The summed E-state index contributed by atoms with van der Waals surface area (Å²) >= 11 is 0. The average Bonchev–Trinajstić information content (AvgIpc) is 3.18. The third-order valence-electron chi connectivity index (χ3n) is 11.6. The lowest BCUT2D eigenvalue weighted by Crippen LogP contribution is -2.60. The van der Waals surface area contributed by atoms with Crippen molar-refractivity contribution in [3.8, 4) is 0 Å². The van der Waals surface area contributed by atoms with Crippen LogP contribution in [0.5, 0.6) is 0 Å². The number of allylic oxidation sites excluding steroid dienone is 1. The van der Waals surface area contributed by atoms with Crippen LogP contribution in [0.1, 0.15) is 83.6 Å². The zero-order chi connectivity index (χ0) is 27.0. The van der Waals surface area contributed by atoms with E-state index in [1.54, 1.807) is 13.0 Å². The van der Waals surface area contributed by atoms with E-state index in [1.807, 2.05) is 12.3 Å². The Kier molecular flexibility index (Phi) is 6.49. The summed E-state index contributed by atoms with van der Waals surface area (Å²) in [6, 6.07) is 3.53. The summed E-state index contributed by atoms with van der Waals surface area (Å²) in [6.07, 6.45) is 5.77. The van der Waals surface area contributed by atoms with Gasteiger partial charge >= 0.3 is 0 Å². The van der Waals surface area contributed by atoms with Gasteiger partial charge in [-0.3, -0.25) is 4.79 Å². The predicted molar refractivity (Wildman–Crippen MR) is 140 cm³/mol. The number of pyridine rings is 1. The van der Waals surface area contributed by atoms with Crippen molar-refractivity contribution in [1.29, 1.82) is 0 Å². The summed E-state index contributed by atoms with van der Waals surface area (Å²) in [4.78, 5) is 14.5. The van der Waals surface area contributed by atoms with Crippen LogP contribution in [0.4, 0.5) is 0 Å². The molecule has 0 spiro atoms. The molecule has 5 aliphatic rings. The maximum Gasteiger partial charge on any atom is 0.247 e. The van der Waals surface area contributed by atoms with Crippen LogP contribution in [0.2, 0.25) is 0 Å². The van der Waals surface area contributed by atoms with Crippen LogP contribution in [-0.4, -0.2) is 67.8 Å². The molecule has 0 aromatic carbocycles. The predicted octanol–water partition coefficient (Wildman–Crippen LogP) is 2.75. The first-order valence-corrected chi connectivity index (χ1v) is 14.5. The standard InChI is InChI=1S/C30H43NO7/c1-16-24(33)25(34)26(35)27(37-16)38-19-8-11-28(2)18(14-19)5-6-22-21(28)9-12-29(3)20(10-13-30(22,29)36)17-4-7-23(32)31-15-17/h4,7,14-16,19-22,24-27,33-36H,5-6,8-13H2,1-3H3,(H,31,32)/t16-,19-,20+,21-,22+,24-,25+,26+,27-,28-,29+,30-/m0/s1. The number of aliphatic hydroxyl groups is 4. The largest absolute Gasteiger partial charge is 0.389 e. The van der Waals surface area contributed by atoms with Gasteiger partial charge in [-0.2, -0.15) is 0 Å². The molecule has 38 heavy (non-hydrogen) atoms. The van der Waals surface area contributed by atoms with Crippen molar-refractivity contribution < 1.29 is 29.9 Å². The third-order valence-corrected chi connectivity index (χ3v) is 11.6. The van der Waals surface area contributed by atoms with Gasteiger partial charge in [0.15, 0.2) is 6.29 Å². The fourth-order valence-corrected chi connectivity index (χ4v) is 9.25. The van der Waals surface area contributed by atoms with Crippen LogP contribution in [0.3, 0.4) is 0 Å². The zero-order valence-electron chi connectivity index (χ0n) is 22.7. The Morgan fingerprint density at radius 2 is 1.76 bits per heavy atom. The number of nitrogens with one attached hydrogen (secondary N) is 1. The minimum atomic E-state index is -1.30. The van der Waals surface area contributed by atoms with Crippen LogP contribution in [0.15, 0.2) is 34.8 Å². The molecule has 0 unspecified atom stereocenters. The third kappa shape index (κ3) is 3.82. The molecule has 8 nitrogen and oxygen atoms in total. The van der Waals surface area contributed by atoms with E-state index in [-0.39, 0.29) is 34.3 Å². The normalized spacial score (nSPS) is 50.5. The minimum Gasteiger partial charge on any atom is -0.389 e. The van der Waals surface area contributed by atoms with Gasteiger partial charge in [0.1, 0.15) is 18.3 Å². The summed E-state index contributed by atoms with van der Waals surface area (Å²) in [5.41, 5.74) is 1.44. The number of hydrogen-bond donors (Lipinski definition) is 5. The van der Waals surface area contributed by atoms with Gasteiger partial charge in [0.05, 0.1) is 17.8 Å². The van der Waals surface area contributed by atoms with Gasteiger partial charge < -0.3 is 34.9 Å². The van der Waals surface area contributed by atoms with Gasteiger partial charge in [0, 0.05) is 17.7 Å². The van der Waals surface area contributed by atoms with Gasteiger partial charge in [-0.05, 0) is 87.0 Å². The lowest BCUT2D eigenvalue weighted by molar-refractivity contribution is -0.301. The number of H-pyrrole nitrogens is 1. The van der Waals surface area contributed by atoms with Crippen molar-refractivity contribution in [3.63, 3.8) is 0 Å². The van der Waals surface area contributed by atoms with E-state index >= 15 is 0 Å². The summed E-state index contributed by atoms with van der Waals surface area (Å²) in [5, 5.41) is 43.0. The van der Waals surface area contributed by atoms with E-state index in [9.17, 15) is 25.2 Å². The van der Waals surface area contributed by atoms with Crippen LogP contribution >= 0.6 is 0 Å². The fraction of sp³-hybridized carbons (Fsp3) is 0.767. The van der Waals surface area contributed by atoms with Crippen LogP contribution in [-0.2, 0) is 9.47 Å². The number of rotatable bonds is 3. The van der Waals surface area contributed by atoms with Crippen molar-refractivity contribution in [2.24, 2.45) is 22.7 Å². The maximum absolute atomic E-state index is 12.4. The fourth-order valence-electron chi connectivity index (χ4n) is 9.25. The quantitative estimate of drug-likeness (QED) is 0.381. The zero-order valence-corrected chi connectivity index (χ0v) is 22.7. The second-order valence-corrected chi connectivity index (χ2v) is 13.2. The highest BCUT2D eigenvalue weighted by molar-refractivity contribution is 5.31. The van der Waals surface area contributed by atoms with Gasteiger partial charge in [-0.1, -0.05) is 31.6 Å². The summed E-state index contributed by atoms with van der Waals surface area (Å²) in [6.45, 7) is 6.30. The first-order valence-electron chi connectivity index (χ1n) is 14.5. The van der Waals surface area contributed by atoms with Gasteiger partial charge in [0.25, 0.3) is 0 Å². The Hall–Kier alpha value is -1.55. The molecule has 0 amide bonds. The monoisotopic (exact) mass is 529 g/mol. The second-order valence-electron chi connectivity index (χ2n) is 13.2. The number of aliphatic hydroxyl groups excluding tert-OH is 3. The number of ether oxygens (including phenoxy) is 2. The molecular weight excluding hydrogens is 486 g/mol. The Balaban J connectivity index is 1.21. The highest BCUT2D eigenvalue weighted by Gasteiger charge is 2.66. The summed E-state index contributed by atoms with van der Waals surface area (Å²) < 4.78 is 11.8. The maximum atomic E-state index is 12.4. The molecule has 0 bridgehead atoms. The average molecular weight is 530 g/mol. The second kappa shape index (κ2) is 9.25. The molecule has 1 saturated heterocycles. The molecule has 5 N–H and O–H groups in total. The molecule has 1 aliphatic heterocycles. The molecule has 0 radical (unpaired) electrons. The lowest BCUT2D eigenvalue weighted by atomic mass is 9.45. The van der Waals surface area contributed by atoms with Gasteiger partial charge in [-0.15, -0.1) is 0 Å². The lowest BCUT2D eigenvalue weighted by Gasteiger charge is -2.62. The number of aromatic nitrogens is 1. The molecule has 8 heteroatoms. The highest BCUT2D eigenvalue weighted by atomic mass is 16.7. The molecule has 4 aliphatic carbocycles. The van der Waals surface area contributed by atoms with Gasteiger partial charge in [0.2, 0.25) is 5.56 Å². The molecule has 4 fully saturated rings. The molecule has 3 saturated carbocycles. The summed E-state index contributed by atoms with van der Waals surface area (Å²) in [7, 11) is 0. The van der Waals surface area contributed by atoms with Crippen LogP contribution in [0.25, 0.3) is 0 Å². The molecule has 2 heterocycles. The van der Waals surface area contributed by atoms with Crippen molar-refractivity contribution in [3.05, 3.63) is 45.9 Å². The van der Waals surface area contributed by atoms with Crippen molar-refractivity contribution in [2.75, 3.05) is 0 Å². The highest BCUT2D eigenvalue weighted by Crippen LogP contribution is 2.70. The van der Waals surface area contributed by atoms with E-state index in [0.717, 1.165) is 56.9 Å². The molecule has 6 rings (SSSR count). The molecule has 12 atom stereocenters. The first kappa shape index (κ1) is 26.7. The van der Waals surface area contributed by atoms with Gasteiger partial charge in [-0.25, -0.2) is 0 Å². The van der Waals surface area contributed by atoms with Crippen LogP contribution < -0.4 is 5.56 Å². The van der Waals surface area contributed by atoms with E-state index in [1.165, 1.54) is 5.57 Å². The van der Waals surface area contributed by atoms with Crippen molar-refractivity contribution in [1.82, 2.24) is 4.98 Å². The molecule has 210 valence electrons. The Morgan fingerprint density at radius 3 is 2.50 bits per heavy atom. The van der Waals surface area contributed by atoms with E-state index in [2.05, 4.69) is 24.9 Å². The van der Waals surface area contributed by atoms with E-state index < -0.39 is 36.3 Å². The van der Waals surface area contributed by atoms with Crippen molar-refractivity contribution in [2.45, 2.75) is 120 Å². The number of hydrogen-bond acceptors (Lipinski definition) is 7. The van der Waals surface area contributed by atoms with Crippen molar-refractivity contribution >= 4 is 0 Å². The Morgan fingerprint density at radius 1 is 0.974 bits per heavy atom. The first-order chi connectivity index (χ1) is 18.0. The Bertz CT molecular complexity index is 1130. The number of aromatic amines is 1. The smallest absolute Gasteiger partial charge is 0.247 e. The van der Waals surface area contributed by atoms with E-state index in [0.29, 0.717) is 5.92 Å². The SMILES string of the molecule is C[C@@H]1O[C@@H](O[C@@H]2C=C3CC[C@@H]4[C@H](CC[C@]5(C)[C@@H](c6ccc(=O)[nH]c6)CC[C@]45O)[C@@]3(C)CC2)[C@H](O)[C@H](O)[C@H]1O. The minimum absolute atomic E-state index is 0.00898. The van der Waals surface area contributed by atoms with E-state index in [4.69, 9.17) is 9.47 Å². The molecule has 1 aromatic rings. The molecule has 1 aromatic heterocycles. The van der Waals surface area contributed by atoms with Crippen LogP contribution in [0, 0.1) is 22.7 Å².